The number of pyridine rings is 1. The molecule has 2 fully saturated rings. The molecule has 11 heteroatoms. The molecule has 1 aliphatic heterocycles. The molecule has 5 aromatic rings. The van der Waals surface area contributed by atoms with Gasteiger partial charge in [-0.25, -0.2) is 4.39 Å². The van der Waals surface area contributed by atoms with Crippen molar-refractivity contribution in [3.05, 3.63) is 106 Å². The highest BCUT2D eigenvalue weighted by molar-refractivity contribution is 5.80. The summed E-state index contributed by atoms with van der Waals surface area (Å²) in [6, 6.07) is 19.2. The van der Waals surface area contributed by atoms with Crippen LogP contribution < -0.4 is 10.3 Å². The molecule has 0 bridgehead atoms. The van der Waals surface area contributed by atoms with Crippen molar-refractivity contribution in [3.8, 4) is 34.2 Å². The van der Waals surface area contributed by atoms with Crippen molar-refractivity contribution in [2.24, 2.45) is 0 Å². The summed E-state index contributed by atoms with van der Waals surface area (Å²) in [5.41, 5.74) is 3.36. The number of rotatable bonds is 8. The van der Waals surface area contributed by atoms with Gasteiger partial charge in [-0.15, -0.1) is 0 Å². The van der Waals surface area contributed by atoms with Gasteiger partial charge in [-0.05, 0) is 74.4 Å². The van der Waals surface area contributed by atoms with Gasteiger partial charge in [-0.2, -0.15) is 15.2 Å². The zero-order valence-corrected chi connectivity index (χ0v) is 23.3. The molecule has 0 spiro atoms. The van der Waals surface area contributed by atoms with Crippen LogP contribution in [0.4, 0.5) is 4.39 Å². The van der Waals surface area contributed by atoms with E-state index < -0.39 is 5.82 Å². The summed E-state index contributed by atoms with van der Waals surface area (Å²) in [4.78, 5) is 31.4. The van der Waals surface area contributed by atoms with E-state index in [1.807, 2.05) is 48.2 Å². The first-order valence-electron chi connectivity index (χ1n) is 14.1. The van der Waals surface area contributed by atoms with E-state index in [-0.39, 0.29) is 23.9 Å². The van der Waals surface area contributed by atoms with Gasteiger partial charge in [0.05, 0.1) is 17.9 Å². The Morgan fingerprint density at radius 1 is 0.977 bits per heavy atom. The Morgan fingerprint density at radius 2 is 1.79 bits per heavy atom. The number of halogens is 1. The topological polar surface area (TPSA) is 116 Å². The zero-order chi connectivity index (χ0) is 29.5. The van der Waals surface area contributed by atoms with Crippen LogP contribution in [0.5, 0.6) is 11.5 Å². The average Bonchev–Trinajstić information content (AvgIpc) is 3.59. The van der Waals surface area contributed by atoms with Gasteiger partial charge in [0.1, 0.15) is 17.3 Å². The maximum absolute atomic E-state index is 14.0. The van der Waals surface area contributed by atoms with Gasteiger partial charge in [0.25, 0.3) is 11.4 Å². The molecule has 7 rings (SSSR count). The van der Waals surface area contributed by atoms with Crippen LogP contribution in [0, 0.1) is 12.7 Å². The van der Waals surface area contributed by atoms with Crippen LogP contribution in [-0.2, 0) is 11.3 Å². The second-order valence-electron chi connectivity index (χ2n) is 11.0. The highest BCUT2D eigenvalue weighted by Crippen LogP contribution is 2.37. The molecule has 216 valence electrons. The predicted molar refractivity (Wildman–Crippen MR) is 154 cm³/mol. The average molecular weight is 579 g/mol. The van der Waals surface area contributed by atoms with E-state index in [0.717, 1.165) is 42.1 Å². The number of benzene rings is 2. The third kappa shape index (κ3) is 5.66. The van der Waals surface area contributed by atoms with E-state index in [1.165, 1.54) is 10.6 Å². The Kier molecular flexibility index (Phi) is 6.77. The molecule has 3 aromatic heterocycles. The number of likely N-dealkylation sites (tertiary alicyclic amines) is 1. The van der Waals surface area contributed by atoms with Crippen LogP contribution in [0.15, 0.2) is 82.2 Å². The fourth-order valence-electron chi connectivity index (χ4n) is 5.26. The number of ether oxygens (including phenoxy) is 1. The summed E-state index contributed by atoms with van der Waals surface area (Å²) >= 11 is 0. The first kappa shape index (κ1) is 26.7. The van der Waals surface area contributed by atoms with Crippen LogP contribution in [-0.4, -0.2) is 48.3 Å². The summed E-state index contributed by atoms with van der Waals surface area (Å²) < 4.78 is 27.2. The molecule has 1 saturated heterocycles. The molecule has 43 heavy (non-hydrogen) atoms. The van der Waals surface area contributed by atoms with Gasteiger partial charge in [0, 0.05) is 53.9 Å². The second-order valence-corrected chi connectivity index (χ2v) is 11.0. The molecule has 1 atom stereocenters. The molecule has 10 nitrogen and oxygen atoms in total. The Morgan fingerprint density at radius 3 is 2.56 bits per heavy atom. The maximum Gasteiger partial charge on any atom is 0.258 e. The Balaban J connectivity index is 1.18. The van der Waals surface area contributed by atoms with E-state index in [1.54, 1.807) is 18.2 Å². The summed E-state index contributed by atoms with van der Waals surface area (Å²) in [6.45, 7) is 2.56. The van der Waals surface area contributed by atoms with Crippen LogP contribution in [0.2, 0.25) is 0 Å². The molecular weight excluding hydrogens is 551 g/mol. The third-order valence-electron chi connectivity index (χ3n) is 7.73. The second kappa shape index (κ2) is 10.9. The highest BCUT2D eigenvalue weighted by Gasteiger charge is 2.41. The molecule has 1 amide bonds. The summed E-state index contributed by atoms with van der Waals surface area (Å²) in [7, 11) is 0. The number of carbonyl (C=O) groups excluding carboxylic acids is 1. The van der Waals surface area contributed by atoms with Crippen molar-refractivity contribution in [2.45, 2.75) is 44.7 Å². The maximum atomic E-state index is 14.0. The van der Waals surface area contributed by atoms with Gasteiger partial charge >= 0.3 is 0 Å². The minimum Gasteiger partial charge on any atom is -0.457 e. The fourth-order valence-corrected chi connectivity index (χ4v) is 5.26. The molecule has 0 unspecified atom stereocenters. The first-order valence-corrected chi connectivity index (χ1v) is 14.1. The minimum absolute atomic E-state index is 0.0829. The smallest absolute Gasteiger partial charge is 0.258 e. The van der Waals surface area contributed by atoms with Gasteiger partial charge < -0.3 is 18.7 Å². The summed E-state index contributed by atoms with van der Waals surface area (Å²) in [6.07, 6.45) is 3.63. The molecule has 0 N–H and O–H groups in total. The SMILES string of the molecule is Cc1ccc(-c2ccc(Oc3cc(-c4nc([C@H]5CC(=O)N(C6CC6)C5)no4)ccc3Cn3cc(F)ccc3=O)cc2)nn1. The van der Waals surface area contributed by atoms with Crippen molar-refractivity contribution >= 4 is 5.91 Å². The zero-order valence-electron chi connectivity index (χ0n) is 23.3. The molecule has 2 aliphatic rings. The Hall–Kier alpha value is -5.19. The first-order chi connectivity index (χ1) is 20.9. The monoisotopic (exact) mass is 578 g/mol. The van der Waals surface area contributed by atoms with Crippen LogP contribution in [0.3, 0.4) is 0 Å². The number of carbonyl (C=O) groups is 1. The number of aryl methyl sites for hydroxylation is 1. The lowest BCUT2D eigenvalue weighted by molar-refractivity contribution is -0.128. The molecule has 1 saturated carbocycles. The number of hydrogen-bond donors (Lipinski definition) is 0. The number of nitrogens with zero attached hydrogens (tertiary/aromatic N) is 6. The van der Waals surface area contributed by atoms with E-state index in [0.29, 0.717) is 53.3 Å². The quantitative estimate of drug-likeness (QED) is 0.249. The normalized spacial score (nSPS) is 16.6. The van der Waals surface area contributed by atoms with Gasteiger partial charge in [-0.1, -0.05) is 11.2 Å². The molecular formula is C32H27FN6O4. The highest BCUT2D eigenvalue weighted by atomic mass is 19.1. The van der Waals surface area contributed by atoms with Crippen LogP contribution in [0.25, 0.3) is 22.7 Å². The van der Waals surface area contributed by atoms with E-state index in [2.05, 4.69) is 20.3 Å². The standard InChI is InChI=1S/C32H27FN6O4/c1-19-2-12-27(36-35-19)20-5-10-26(11-6-20)42-28-14-21(3-4-22(28)16-38-18-24(33)7-13-29(38)40)32-34-31(37-43-32)23-15-30(41)39(17-23)25-8-9-25/h2-7,10-14,18,23,25H,8-9,15-17H2,1H3/t23-/m0/s1. The number of hydrogen-bond acceptors (Lipinski definition) is 8. The number of aromatic nitrogens is 5. The van der Waals surface area contributed by atoms with Crippen molar-refractivity contribution < 1.29 is 18.4 Å². The van der Waals surface area contributed by atoms with E-state index in [4.69, 9.17) is 9.26 Å². The Bertz CT molecular complexity index is 1860. The van der Waals surface area contributed by atoms with Gasteiger partial charge in [0.2, 0.25) is 5.91 Å². The molecule has 4 heterocycles. The van der Waals surface area contributed by atoms with Crippen molar-refractivity contribution in [1.82, 2.24) is 29.8 Å². The lowest BCUT2D eigenvalue weighted by Gasteiger charge is -2.14. The number of amides is 1. The minimum atomic E-state index is -0.516. The summed E-state index contributed by atoms with van der Waals surface area (Å²) in [5, 5.41) is 12.5. The molecule has 1 aliphatic carbocycles. The largest absolute Gasteiger partial charge is 0.457 e. The van der Waals surface area contributed by atoms with Crippen molar-refractivity contribution in [1.29, 1.82) is 0 Å². The third-order valence-corrected chi connectivity index (χ3v) is 7.73. The lowest BCUT2D eigenvalue weighted by Crippen LogP contribution is -2.27. The molecule has 0 radical (unpaired) electrons. The van der Waals surface area contributed by atoms with Gasteiger partial charge in [-0.3, -0.25) is 9.59 Å². The van der Waals surface area contributed by atoms with Gasteiger partial charge in [0.15, 0.2) is 5.82 Å². The van der Waals surface area contributed by atoms with Crippen LogP contribution >= 0.6 is 0 Å². The Labute approximate surface area is 245 Å². The van der Waals surface area contributed by atoms with Crippen LogP contribution in [0.1, 0.15) is 42.3 Å². The van der Waals surface area contributed by atoms with Crippen molar-refractivity contribution in [2.75, 3.05) is 6.54 Å². The van der Waals surface area contributed by atoms with E-state index >= 15 is 0 Å². The summed E-state index contributed by atoms with van der Waals surface area (Å²) in [5.74, 6) is 1.28. The van der Waals surface area contributed by atoms with Crippen molar-refractivity contribution in [3.63, 3.8) is 0 Å². The fraction of sp³-hybridized carbons (Fsp3) is 0.250. The molecule has 2 aromatic carbocycles. The predicted octanol–water partition coefficient (Wildman–Crippen LogP) is 5.12. The van der Waals surface area contributed by atoms with E-state index in [9.17, 15) is 14.0 Å². The lowest BCUT2D eigenvalue weighted by atomic mass is 10.1.